The van der Waals surface area contributed by atoms with E-state index in [1.54, 1.807) is 6.92 Å². The summed E-state index contributed by atoms with van der Waals surface area (Å²) in [5.74, 6) is 0.545. The van der Waals surface area contributed by atoms with Gasteiger partial charge in [0.25, 0.3) is 0 Å². The Morgan fingerprint density at radius 2 is 1.70 bits per heavy atom. The Labute approximate surface area is 152 Å². The molecule has 0 unspecified atom stereocenters. The zero-order chi connectivity index (χ0) is 20.0. The van der Waals surface area contributed by atoms with Crippen molar-refractivity contribution in [3.05, 3.63) is 29.7 Å². The molecule has 12 heteroatoms. The highest BCUT2D eigenvalue weighted by molar-refractivity contribution is 7.99. The van der Waals surface area contributed by atoms with Crippen LogP contribution in [0.1, 0.15) is 18.2 Å². The van der Waals surface area contributed by atoms with Gasteiger partial charge < -0.3 is 4.57 Å². The van der Waals surface area contributed by atoms with E-state index in [4.69, 9.17) is 0 Å². The molecule has 0 radical (unpaired) electrons. The van der Waals surface area contributed by atoms with E-state index in [2.05, 4.69) is 19.9 Å². The lowest BCUT2D eigenvalue weighted by Crippen LogP contribution is -2.08. The number of alkyl halides is 6. The van der Waals surface area contributed by atoms with E-state index in [1.165, 1.54) is 11.6 Å². The second-order valence-corrected chi connectivity index (χ2v) is 6.70. The van der Waals surface area contributed by atoms with Crippen LogP contribution in [0.4, 0.5) is 26.3 Å². The number of rotatable bonds is 3. The van der Waals surface area contributed by atoms with Gasteiger partial charge in [-0.05, 0) is 11.8 Å². The second-order valence-electron chi connectivity index (χ2n) is 5.40. The molecule has 0 aromatic carbocycles. The van der Waals surface area contributed by atoms with Crippen molar-refractivity contribution >= 4 is 23.1 Å². The lowest BCUT2D eigenvalue weighted by Gasteiger charge is -2.11. The van der Waals surface area contributed by atoms with Gasteiger partial charge in [-0.2, -0.15) is 26.3 Å². The van der Waals surface area contributed by atoms with Crippen molar-refractivity contribution in [2.45, 2.75) is 24.2 Å². The first-order valence-corrected chi connectivity index (χ1v) is 8.48. The van der Waals surface area contributed by atoms with Gasteiger partial charge in [0.15, 0.2) is 22.8 Å². The molecule has 0 aliphatic heterocycles. The molecular weight excluding hydrogens is 396 g/mol. The highest BCUT2D eigenvalue weighted by Gasteiger charge is 2.34. The van der Waals surface area contributed by atoms with Gasteiger partial charge in [-0.3, -0.25) is 4.98 Å². The molecule has 0 atom stereocenters. The SMILES string of the molecule is CCSc1cc(C(F)(F)F)cnc1-c1nc2nc(C(F)(F)F)cnc2n1C. The standard InChI is InChI=1S/C15H11F6N5S/c1-3-27-8-4-7(14(16,17)18)5-22-10(8)12-25-11-13(26(12)2)23-6-9(24-11)15(19,20)21/h4-6H,3H2,1-2H3. The zero-order valence-corrected chi connectivity index (χ0v) is 14.7. The number of thioether (sulfide) groups is 1. The van der Waals surface area contributed by atoms with Crippen LogP contribution in [0, 0.1) is 0 Å². The molecule has 144 valence electrons. The van der Waals surface area contributed by atoms with E-state index < -0.39 is 23.6 Å². The fourth-order valence-electron chi connectivity index (χ4n) is 2.34. The maximum Gasteiger partial charge on any atom is 0.434 e. The van der Waals surface area contributed by atoms with Crippen LogP contribution in [0.15, 0.2) is 23.4 Å². The molecule has 3 aromatic rings. The molecule has 3 heterocycles. The predicted octanol–water partition coefficient (Wildman–Crippen LogP) is 4.57. The molecule has 0 N–H and O–H groups in total. The number of hydrogen-bond acceptors (Lipinski definition) is 5. The molecule has 0 spiro atoms. The van der Waals surface area contributed by atoms with E-state index in [-0.39, 0.29) is 27.7 Å². The summed E-state index contributed by atoms with van der Waals surface area (Å²) in [5, 5.41) is 0. The summed E-state index contributed by atoms with van der Waals surface area (Å²) >= 11 is 1.12. The van der Waals surface area contributed by atoms with Crippen LogP contribution in [0.2, 0.25) is 0 Å². The smallest absolute Gasteiger partial charge is 0.309 e. The average Bonchev–Trinajstić information content (AvgIpc) is 2.90. The first kappa shape index (κ1) is 19.4. The normalized spacial score (nSPS) is 12.7. The van der Waals surface area contributed by atoms with Crippen molar-refractivity contribution in [3.63, 3.8) is 0 Å². The van der Waals surface area contributed by atoms with Crippen molar-refractivity contribution in [1.82, 2.24) is 24.5 Å². The summed E-state index contributed by atoms with van der Waals surface area (Å²) in [6.07, 6.45) is -8.01. The van der Waals surface area contributed by atoms with Crippen molar-refractivity contribution < 1.29 is 26.3 Å². The van der Waals surface area contributed by atoms with E-state index in [0.717, 1.165) is 17.8 Å². The van der Waals surface area contributed by atoms with Crippen LogP contribution in [-0.2, 0) is 19.4 Å². The van der Waals surface area contributed by atoms with Gasteiger partial charge in [0.1, 0.15) is 5.69 Å². The largest absolute Gasteiger partial charge is 0.434 e. The van der Waals surface area contributed by atoms with Crippen LogP contribution in [0.3, 0.4) is 0 Å². The van der Waals surface area contributed by atoms with Gasteiger partial charge in [0.2, 0.25) is 0 Å². The number of imidazole rings is 1. The Morgan fingerprint density at radius 1 is 1.00 bits per heavy atom. The summed E-state index contributed by atoms with van der Waals surface area (Å²) < 4.78 is 78.6. The Bertz CT molecular complexity index is 995. The maximum atomic E-state index is 12.9. The van der Waals surface area contributed by atoms with Crippen LogP contribution >= 0.6 is 11.8 Å². The molecule has 0 aliphatic rings. The van der Waals surface area contributed by atoms with Gasteiger partial charge in [0.05, 0.1) is 11.8 Å². The third kappa shape index (κ3) is 3.70. The minimum Gasteiger partial charge on any atom is -0.309 e. The van der Waals surface area contributed by atoms with Gasteiger partial charge in [-0.25, -0.2) is 15.0 Å². The van der Waals surface area contributed by atoms with Crippen LogP contribution in [0.25, 0.3) is 22.8 Å². The first-order chi connectivity index (χ1) is 12.5. The zero-order valence-electron chi connectivity index (χ0n) is 13.9. The molecule has 0 saturated carbocycles. The van der Waals surface area contributed by atoms with Crippen molar-refractivity contribution in [3.8, 4) is 11.5 Å². The van der Waals surface area contributed by atoms with Crippen molar-refractivity contribution in [2.75, 3.05) is 5.75 Å². The first-order valence-electron chi connectivity index (χ1n) is 7.49. The average molecular weight is 407 g/mol. The van der Waals surface area contributed by atoms with E-state index in [1.807, 2.05) is 0 Å². The number of pyridine rings is 1. The molecule has 0 bridgehead atoms. The summed E-state index contributed by atoms with van der Waals surface area (Å²) in [7, 11) is 1.48. The number of halogens is 6. The second kappa shape index (κ2) is 6.66. The molecule has 3 aromatic heterocycles. The third-order valence-electron chi connectivity index (χ3n) is 3.56. The highest BCUT2D eigenvalue weighted by atomic mass is 32.2. The molecule has 5 nitrogen and oxygen atoms in total. The molecular formula is C15H11F6N5S. The minimum atomic E-state index is -4.69. The van der Waals surface area contributed by atoms with Crippen LogP contribution in [0.5, 0.6) is 0 Å². The molecule has 0 saturated heterocycles. The fraction of sp³-hybridized carbons (Fsp3) is 0.333. The molecule has 27 heavy (non-hydrogen) atoms. The highest BCUT2D eigenvalue weighted by Crippen LogP contribution is 2.36. The Balaban J connectivity index is 2.18. The fourth-order valence-corrected chi connectivity index (χ4v) is 3.14. The topological polar surface area (TPSA) is 56.5 Å². The quantitative estimate of drug-likeness (QED) is 0.470. The Morgan fingerprint density at radius 3 is 2.30 bits per heavy atom. The molecule has 0 aliphatic carbocycles. The number of hydrogen-bond donors (Lipinski definition) is 0. The lowest BCUT2D eigenvalue weighted by atomic mass is 10.2. The lowest BCUT2D eigenvalue weighted by molar-refractivity contribution is -0.141. The predicted molar refractivity (Wildman–Crippen MR) is 85.9 cm³/mol. The van der Waals surface area contributed by atoms with Gasteiger partial charge in [-0.1, -0.05) is 6.92 Å². The van der Waals surface area contributed by atoms with Gasteiger partial charge in [-0.15, -0.1) is 11.8 Å². The van der Waals surface area contributed by atoms with Crippen LogP contribution < -0.4 is 0 Å². The van der Waals surface area contributed by atoms with Crippen molar-refractivity contribution in [1.29, 1.82) is 0 Å². The van der Waals surface area contributed by atoms with Crippen LogP contribution in [-0.4, -0.2) is 30.3 Å². The summed E-state index contributed by atoms with van der Waals surface area (Å²) in [5.41, 5.74) is -2.21. The Kier molecular flexibility index (Phi) is 4.78. The molecule has 0 fully saturated rings. The van der Waals surface area contributed by atoms with E-state index in [9.17, 15) is 26.3 Å². The minimum absolute atomic E-state index is 0.0622. The Hall–Kier alpha value is -2.37. The summed E-state index contributed by atoms with van der Waals surface area (Å²) in [6.45, 7) is 1.75. The van der Waals surface area contributed by atoms with Gasteiger partial charge in [0, 0.05) is 18.1 Å². The number of nitrogens with zero attached hydrogens (tertiary/aromatic N) is 5. The number of aromatic nitrogens is 5. The molecule has 3 rings (SSSR count). The third-order valence-corrected chi connectivity index (χ3v) is 4.48. The van der Waals surface area contributed by atoms with E-state index in [0.29, 0.717) is 18.1 Å². The number of aryl methyl sites for hydroxylation is 1. The monoisotopic (exact) mass is 407 g/mol. The van der Waals surface area contributed by atoms with Crippen molar-refractivity contribution in [2.24, 2.45) is 7.05 Å². The van der Waals surface area contributed by atoms with E-state index >= 15 is 0 Å². The summed E-state index contributed by atoms with van der Waals surface area (Å²) in [4.78, 5) is 15.3. The number of fused-ring (bicyclic) bond motifs is 1. The maximum absolute atomic E-state index is 12.9. The van der Waals surface area contributed by atoms with Gasteiger partial charge >= 0.3 is 12.4 Å². The molecule has 0 amide bonds. The summed E-state index contributed by atoms with van der Waals surface area (Å²) in [6, 6.07) is 0.942.